The Kier molecular flexibility index (Phi) is 3.76. The van der Waals surface area contributed by atoms with Crippen LogP contribution in [-0.4, -0.2) is 20.6 Å². The molecular formula is C13H14ClN3O2. The molecule has 100 valence electrons. The summed E-state index contributed by atoms with van der Waals surface area (Å²) >= 11 is 5.83. The quantitative estimate of drug-likeness (QED) is 0.903. The SMILES string of the molecule is CC(Nc1ccc(Cl)c(C(=O)O)c1)c1nccn1C. The maximum Gasteiger partial charge on any atom is 0.337 e. The fraction of sp³-hybridized carbons (Fsp3) is 0.231. The molecule has 0 fully saturated rings. The van der Waals surface area contributed by atoms with E-state index in [-0.39, 0.29) is 16.6 Å². The number of rotatable bonds is 4. The normalized spacial score (nSPS) is 12.2. The predicted octanol–water partition coefficient (Wildman–Crippen LogP) is 2.94. The molecule has 0 aliphatic rings. The Morgan fingerprint density at radius 2 is 2.26 bits per heavy atom. The summed E-state index contributed by atoms with van der Waals surface area (Å²) in [6, 6.07) is 4.79. The summed E-state index contributed by atoms with van der Waals surface area (Å²) in [6.07, 6.45) is 3.58. The van der Waals surface area contributed by atoms with Crippen molar-refractivity contribution in [1.82, 2.24) is 9.55 Å². The minimum absolute atomic E-state index is 0.0391. The first-order valence-electron chi connectivity index (χ1n) is 5.75. The zero-order valence-corrected chi connectivity index (χ0v) is 11.3. The van der Waals surface area contributed by atoms with Gasteiger partial charge in [-0.25, -0.2) is 9.78 Å². The Balaban J connectivity index is 2.22. The van der Waals surface area contributed by atoms with Crippen molar-refractivity contribution in [2.75, 3.05) is 5.32 Å². The van der Waals surface area contributed by atoms with Crippen LogP contribution < -0.4 is 5.32 Å². The lowest BCUT2D eigenvalue weighted by molar-refractivity contribution is 0.0697. The number of carboxylic acids is 1. The first kappa shape index (κ1) is 13.4. The maximum absolute atomic E-state index is 11.0. The van der Waals surface area contributed by atoms with Crippen LogP contribution >= 0.6 is 11.6 Å². The number of benzene rings is 1. The van der Waals surface area contributed by atoms with E-state index >= 15 is 0 Å². The summed E-state index contributed by atoms with van der Waals surface area (Å²) in [5.41, 5.74) is 0.774. The molecule has 1 heterocycles. The highest BCUT2D eigenvalue weighted by molar-refractivity contribution is 6.33. The Hall–Kier alpha value is -2.01. The zero-order chi connectivity index (χ0) is 14.0. The number of imidazole rings is 1. The van der Waals surface area contributed by atoms with Crippen LogP contribution in [0.2, 0.25) is 5.02 Å². The molecule has 1 aromatic heterocycles. The number of hydrogen-bond donors (Lipinski definition) is 2. The average Bonchev–Trinajstić information content (AvgIpc) is 2.77. The van der Waals surface area contributed by atoms with Gasteiger partial charge in [-0.3, -0.25) is 0 Å². The van der Waals surface area contributed by atoms with E-state index in [2.05, 4.69) is 10.3 Å². The predicted molar refractivity (Wildman–Crippen MR) is 73.7 cm³/mol. The lowest BCUT2D eigenvalue weighted by Gasteiger charge is -2.15. The molecule has 6 heteroatoms. The Morgan fingerprint density at radius 1 is 1.53 bits per heavy atom. The third-order valence-corrected chi connectivity index (χ3v) is 3.16. The summed E-state index contributed by atoms with van der Waals surface area (Å²) in [6.45, 7) is 1.96. The molecule has 0 aliphatic heterocycles. The number of carboxylic acid groups (broad SMARTS) is 1. The van der Waals surface area contributed by atoms with Crippen molar-refractivity contribution in [3.8, 4) is 0 Å². The molecule has 0 radical (unpaired) electrons. The number of halogens is 1. The number of aryl methyl sites for hydroxylation is 1. The number of nitrogens with one attached hydrogen (secondary N) is 1. The third-order valence-electron chi connectivity index (χ3n) is 2.83. The Bertz CT molecular complexity index is 610. The molecule has 2 rings (SSSR count). The minimum atomic E-state index is -1.04. The molecule has 2 aromatic rings. The summed E-state index contributed by atoms with van der Waals surface area (Å²) < 4.78 is 1.91. The molecule has 0 aliphatic carbocycles. The lowest BCUT2D eigenvalue weighted by Crippen LogP contribution is -2.12. The second-order valence-corrected chi connectivity index (χ2v) is 4.67. The average molecular weight is 280 g/mol. The van der Waals surface area contributed by atoms with Crippen molar-refractivity contribution < 1.29 is 9.90 Å². The van der Waals surface area contributed by atoms with Crippen molar-refractivity contribution in [3.63, 3.8) is 0 Å². The molecule has 1 unspecified atom stereocenters. The standard InChI is InChI=1S/C13H14ClN3O2/c1-8(12-15-5-6-17(12)2)16-9-3-4-11(14)10(7-9)13(18)19/h3-8,16H,1-2H3,(H,18,19). The fourth-order valence-corrected chi connectivity index (χ4v) is 2.09. The summed E-state index contributed by atoms with van der Waals surface area (Å²) in [7, 11) is 1.91. The van der Waals surface area contributed by atoms with Gasteiger partial charge in [-0.1, -0.05) is 11.6 Å². The number of nitrogens with zero attached hydrogens (tertiary/aromatic N) is 2. The van der Waals surface area contributed by atoms with Gasteiger partial charge < -0.3 is 15.0 Å². The van der Waals surface area contributed by atoms with Crippen molar-refractivity contribution in [3.05, 3.63) is 47.0 Å². The van der Waals surface area contributed by atoms with Gasteiger partial charge >= 0.3 is 5.97 Å². The van der Waals surface area contributed by atoms with Crippen LogP contribution in [0.4, 0.5) is 5.69 Å². The number of aromatic carboxylic acids is 1. The van der Waals surface area contributed by atoms with E-state index < -0.39 is 5.97 Å². The largest absolute Gasteiger partial charge is 0.478 e. The summed E-state index contributed by atoms with van der Waals surface area (Å²) in [4.78, 5) is 15.3. The van der Waals surface area contributed by atoms with E-state index in [1.165, 1.54) is 6.07 Å². The van der Waals surface area contributed by atoms with Gasteiger partial charge in [0.25, 0.3) is 0 Å². The van der Waals surface area contributed by atoms with Crippen molar-refractivity contribution in [2.45, 2.75) is 13.0 Å². The molecule has 19 heavy (non-hydrogen) atoms. The van der Waals surface area contributed by atoms with Gasteiger partial charge in [0, 0.05) is 25.1 Å². The molecule has 1 aromatic carbocycles. The van der Waals surface area contributed by atoms with Gasteiger partial charge in [0.1, 0.15) is 5.82 Å². The molecule has 0 saturated carbocycles. The molecule has 0 spiro atoms. The number of hydrogen-bond acceptors (Lipinski definition) is 3. The topological polar surface area (TPSA) is 67.2 Å². The monoisotopic (exact) mass is 279 g/mol. The fourth-order valence-electron chi connectivity index (χ4n) is 1.89. The van der Waals surface area contributed by atoms with Crippen LogP contribution in [0.5, 0.6) is 0 Å². The first-order chi connectivity index (χ1) is 8.99. The van der Waals surface area contributed by atoms with E-state index in [0.29, 0.717) is 5.69 Å². The van der Waals surface area contributed by atoms with E-state index in [4.69, 9.17) is 16.7 Å². The zero-order valence-electron chi connectivity index (χ0n) is 10.6. The summed E-state index contributed by atoms with van der Waals surface area (Å²) in [5, 5.41) is 12.5. The van der Waals surface area contributed by atoms with Gasteiger partial charge in [0.15, 0.2) is 0 Å². The van der Waals surface area contributed by atoms with Gasteiger partial charge in [-0.05, 0) is 25.1 Å². The molecule has 1 atom stereocenters. The summed E-state index contributed by atoms with van der Waals surface area (Å²) in [5.74, 6) is -0.176. The second kappa shape index (κ2) is 5.32. The van der Waals surface area contributed by atoms with Crippen LogP contribution in [0.1, 0.15) is 29.1 Å². The second-order valence-electron chi connectivity index (χ2n) is 4.26. The van der Waals surface area contributed by atoms with Gasteiger partial charge in [-0.15, -0.1) is 0 Å². The number of anilines is 1. The molecule has 2 N–H and O–H groups in total. The first-order valence-corrected chi connectivity index (χ1v) is 6.13. The van der Waals surface area contributed by atoms with Crippen LogP contribution in [0.3, 0.4) is 0 Å². The Labute approximate surface area is 115 Å². The smallest absolute Gasteiger partial charge is 0.337 e. The van der Waals surface area contributed by atoms with Crippen molar-refractivity contribution >= 4 is 23.3 Å². The van der Waals surface area contributed by atoms with Gasteiger partial charge in [-0.2, -0.15) is 0 Å². The number of aromatic nitrogens is 2. The molecule has 5 nitrogen and oxygen atoms in total. The van der Waals surface area contributed by atoms with E-state index in [9.17, 15) is 4.79 Å². The van der Waals surface area contributed by atoms with Crippen LogP contribution in [0.15, 0.2) is 30.6 Å². The molecule has 0 amide bonds. The molecule has 0 bridgehead atoms. The van der Waals surface area contributed by atoms with Crippen LogP contribution in [-0.2, 0) is 7.05 Å². The molecular weight excluding hydrogens is 266 g/mol. The molecule has 0 saturated heterocycles. The highest BCUT2D eigenvalue weighted by Crippen LogP contribution is 2.23. The van der Waals surface area contributed by atoms with E-state index in [1.54, 1.807) is 18.3 Å². The van der Waals surface area contributed by atoms with Crippen LogP contribution in [0.25, 0.3) is 0 Å². The van der Waals surface area contributed by atoms with Crippen molar-refractivity contribution in [1.29, 1.82) is 0 Å². The van der Waals surface area contributed by atoms with Crippen LogP contribution in [0, 0.1) is 0 Å². The van der Waals surface area contributed by atoms with Gasteiger partial charge in [0.05, 0.1) is 16.6 Å². The van der Waals surface area contributed by atoms with Crippen molar-refractivity contribution in [2.24, 2.45) is 7.05 Å². The van der Waals surface area contributed by atoms with Gasteiger partial charge in [0.2, 0.25) is 0 Å². The van der Waals surface area contributed by atoms with E-state index in [0.717, 1.165) is 5.82 Å². The Morgan fingerprint density at radius 3 is 2.84 bits per heavy atom. The number of carbonyl (C=O) groups is 1. The third kappa shape index (κ3) is 2.88. The maximum atomic E-state index is 11.0. The van der Waals surface area contributed by atoms with E-state index in [1.807, 2.05) is 24.7 Å². The minimum Gasteiger partial charge on any atom is -0.478 e. The highest BCUT2D eigenvalue weighted by atomic mass is 35.5. The lowest BCUT2D eigenvalue weighted by atomic mass is 10.2. The highest BCUT2D eigenvalue weighted by Gasteiger charge is 2.13.